The summed E-state index contributed by atoms with van der Waals surface area (Å²) in [5.41, 5.74) is 37.6. The van der Waals surface area contributed by atoms with Crippen LogP contribution in [0.4, 0.5) is 34.1 Å². The maximum absolute atomic E-state index is 7.31. The lowest BCUT2D eigenvalue weighted by Crippen LogP contribution is -2.31. The summed E-state index contributed by atoms with van der Waals surface area (Å²) in [6.45, 7) is 0. The van der Waals surface area contributed by atoms with E-state index in [4.69, 9.17) is 8.83 Å². The van der Waals surface area contributed by atoms with Crippen LogP contribution in [0.5, 0.6) is 0 Å². The van der Waals surface area contributed by atoms with Gasteiger partial charge in [-0.1, -0.05) is 382 Å². The molecular weight excluding hydrogens is 1470 g/mol. The van der Waals surface area contributed by atoms with Gasteiger partial charge in [-0.3, -0.25) is 0 Å². The third-order valence-electron chi connectivity index (χ3n) is 26.3. The average Bonchev–Trinajstić information content (AvgIpc) is 1.51. The van der Waals surface area contributed by atoms with E-state index >= 15 is 0 Å². The van der Waals surface area contributed by atoms with Crippen LogP contribution < -0.4 is 9.80 Å². The monoisotopic (exact) mass is 1540 g/mol. The zero-order valence-corrected chi connectivity index (χ0v) is 66.1. The van der Waals surface area contributed by atoms with E-state index in [0.29, 0.717) is 0 Å². The van der Waals surface area contributed by atoms with E-state index < -0.39 is 16.2 Å². The average molecular weight is 1540 g/mol. The molecule has 4 aliphatic carbocycles. The third-order valence-corrected chi connectivity index (χ3v) is 26.3. The van der Waals surface area contributed by atoms with Crippen molar-refractivity contribution in [3.8, 4) is 66.8 Å². The molecule has 19 aromatic carbocycles. The molecule has 0 unspecified atom stereocenters. The topological polar surface area (TPSA) is 32.8 Å². The first-order chi connectivity index (χ1) is 60.1. The molecule has 0 N–H and O–H groups in total. The van der Waals surface area contributed by atoms with Crippen LogP contribution in [-0.2, 0) is 16.2 Å². The van der Waals surface area contributed by atoms with Crippen molar-refractivity contribution in [2.45, 2.75) is 16.2 Å². The molecule has 0 saturated heterocycles. The standard InChI is InChI=1S/C62H39NO.C55H37NO/c1-3-20-40(21-4-1)61(49-30-13-7-24-42(49)43-25-8-14-31-50(43)61)59-56(39-38-47-46-28-12-18-37-57(46)64-60(47)59)63(41-22-5-2-6-23-41)55-36-19-35-54-58(55)48-29-11-17-34-53(48)62(54)51-32-15-9-26-44(51)45-27-10-16-33-52(45)62;1-4-16-38(17-5-1)40-28-32-43(33-29-40)56(44-34-30-41(31-35-44)39-18-6-2-7-19-39)51-37-36-48-47-24-12-15-27-52(47)57-54(48)53(51)55(42-20-8-3-9-21-42)49-25-13-10-22-45(49)46-23-11-14-26-50(46)55/h1-39H;1-37H. The predicted octanol–water partition coefficient (Wildman–Crippen LogP) is 30.5. The van der Waals surface area contributed by atoms with Gasteiger partial charge in [0.15, 0.2) is 0 Å². The Kier molecular flexibility index (Phi) is 16.0. The Morgan fingerprint density at radius 2 is 0.463 bits per heavy atom. The lowest BCUT2D eigenvalue weighted by atomic mass is 9.66. The zero-order chi connectivity index (χ0) is 79.7. The van der Waals surface area contributed by atoms with E-state index in [1.807, 2.05) is 0 Å². The van der Waals surface area contributed by atoms with Gasteiger partial charge < -0.3 is 18.6 Å². The maximum Gasteiger partial charge on any atom is 0.142 e. The quantitative estimate of drug-likeness (QED) is 0.122. The summed E-state index contributed by atoms with van der Waals surface area (Å²) in [6, 6.07) is 169. The van der Waals surface area contributed by atoms with Crippen molar-refractivity contribution in [2.24, 2.45) is 0 Å². The Morgan fingerprint density at radius 1 is 0.174 bits per heavy atom. The first-order valence-electron chi connectivity index (χ1n) is 41.9. The first-order valence-corrected chi connectivity index (χ1v) is 41.9. The van der Waals surface area contributed by atoms with E-state index in [1.54, 1.807) is 0 Å². The number of fused-ring (bicyclic) bond motifs is 22. The smallest absolute Gasteiger partial charge is 0.142 e. The maximum atomic E-state index is 7.31. The number of para-hydroxylation sites is 3. The second-order valence-corrected chi connectivity index (χ2v) is 32.2. The lowest BCUT2D eigenvalue weighted by Gasteiger charge is -2.38. The highest BCUT2D eigenvalue weighted by Gasteiger charge is 2.55. The minimum atomic E-state index is -0.759. The molecule has 25 rings (SSSR count). The second kappa shape index (κ2) is 27.8. The molecule has 0 fully saturated rings. The summed E-state index contributed by atoms with van der Waals surface area (Å²) in [5, 5.41) is 4.41. The van der Waals surface area contributed by atoms with Gasteiger partial charge in [0.1, 0.15) is 22.3 Å². The van der Waals surface area contributed by atoms with Gasteiger partial charge in [0.05, 0.1) is 33.3 Å². The molecule has 566 valence electrons. The number of hydrogen-bond donors (Lipinski definition) is 0. The Hall–Kier alpha value is -15.6. The summed E-state index contributed by atoms with van der Waals surface area (Å²) < 4.78 is 14.5. The number of nitrogens with zero attached hydrogens (tertiary/aromatic N) is 2. The molecule has 0 saturated carbocycles. The van der Waals surface area contributed by atoms with Crippen LogP contribution in [0.15, 0.2) is 470 Å². The van der Waals surface area contributed by atoms with Crippen molar-refractivity contribution in [2.75, 3.05) is 9.80 Å². The van der Waals surface area contributed by atoms with Crippen molar-refractivity contribution >= 4 is 78.0 Å². The Balaban J connectivity index is 0.000000138. The van der Waals surface area contributed by atoms with Crippen LogP contribution in [0, 0.1) is 0 Å². The fourth-order valence-corrected chi connectivity index (χ4v) is 21.5. The molecule has 121 heavy (non-hydrogen) atoms. The van der Waals surface area contributed by atoms with Crippen molar-refractivity contribution in [1.29, 1.82) is 0 Å². The van der Waals surface area contributed by atoms with Gasteiger partial charge in [0.2, 0.25) is 0 Å². The fourth-order valence-electron chi connectivity index (χ4n) is 21.5. The van der Waals surface area contributed by atoms with Gasteiger partial charge in [-0.25, -0.2) is 0 Å². The minimum Gasteiger partial charge on any atom is -0.456 e. The zero-order valence-electron chi connectivity index (χ0n) is 66.1. The summed E-state index contributed by atoms with van der Waals surface area (Å²) in [4.78, 5) is 4.97. The highest BCUT2D eigenvalue weighted by Crippen LogP contribution is 2.68. The molecule has 1 spiro atoms. The van der Waals surface area contributed by atoms with Gasteiger partial charge in [0.25, 0.3) is 0 Å². The van der Waals surface area contributed by atoms with Crippen molar-refractivity contribution in [3.05, 3.63) is 528 Å². The highest BCUT2D eigenvalue weighted by molar-refractivity contribution is 6.13. The predicted molar refractivity (Wildman–Crippen MR) is 499 cm³/mol. The number of hydrogen-bond acceptors (Lipinski definition) is 4. The first kappa shape index (κ1) is 69.7. The van der Waals surface area contributed by atoms with E-state index in [-0.39, 0.29) is 0 Å². The van der Waals surface area contributed by atoms with E-state index in [9.17, 15) is 0 Å². The fraction of sp³-hybridized carbons (Fsp3) is 0.0256. The summed E-state index contributed by atoms with van der Waals surface area (Å²) in [7, 11) is 0. The molecule has 2 aromatic heterocycles. The largest absolute Gasteiger partial charge is 0.456 e. The van der Waals surface area contributed by atoms with E-state index in [0.717, 1.165) is 89.1 Å². The molecular formula is C117H76N2O2. The molecule has 0 amide bonds. The van der Waals surface area contributed by atoms with E-state index in [2.05, 4.69) is 471 Å². The van der Waals surface area contributed by atoms with Gasteiger partial charge >= 0.3 is 0 Å². The normalized spacial score (nSPS) is 13.5. The van der Waals surface area contributed by atoms with Crippen LogP contribution in [0.25, 0.3) is 111 Å². The SMILES string of the molecule is c1ccc(-c2ccc(N(c3ccc(-c4ccccc4)cc3)c3ccc4c(oc5ccccc54)c3C3(c4ccccc4)c4ccccc4-c4ccccc43)cc2)cc1.c1ccc(N(c2cccc3c2-c2ccccc2C32c3ccccc3-c3ccccc32)c2ccc3c(oc4ccccc43)c2C2(c3ccccc3)c3ccccc3-c3ccccc32)cc1. The number of anilines is 6. The molecule has 0 atom stereocenters. The lowest BCUT2D eigenvalue weighted by molar-refractivity contribution is 0.648. The van der Waals surface area contributed by atoms with Gasteiger partial charge in [-0.05, 0) is 196 Å². The Labute approximate surface area is 702 Å². The van der Waals surface area contributed by atoms with Crippen LogP contribution in [0.3, 0.4) is 0 Å². The molecule has 21 aromatic rings. The van der Waals surface area contributed by atoms with E-state index in [1.165, 1.54) is 122 Å². The van der Waals surface area contributed by atoms with Gasteiger partial charge in [-0.2, -0.15) is 0 Å². The molecule has 4 heteroatoms. The number of rotatable bonds is 12. The third kappa shape index (κ3) is 10.2. The number of benzene rings is 19. The molecule has 0 radical (unpaired) electrons. The molecule has 4 nitrogen and oxygen atoms in total. The molecule has 0 aliphatic heterocycles. The van der Waals surface area contributed by atoms with Crippen LogP contribution >= 0.6 is 0 Å². The molecule has 0 bridgehead atoms. The van der Waals surface area contributed by atoms with Crippen molar-refractivity contribution in [3.63, 3.8) is 0 Å². The summed E-state index contributed by atoms with van der Waals surface area (Å²) in [5.74, 6) is 0. The number of furan rings is 2. The van der Waals surface area contributed by atoms with Crippen molar-refractivity contribution < 1.29 is 8.83 Å². The van der Waals surface area contributed by atoms with Gasteiger partial charge in [0, 0.05) is 55.3 Å². The minimum absolute atomic E-state index is 0.488. The Bertz CT molecular complexity index is 7420. The van der Waals surface area contributed by atoms with Crippen LogP contribution in [0.2, 0.25) is 0 Å². The van der Waals surface area contributed by atoms with Crippen molar-refractivity contribution in [1.82, 2.24) is 0 Å². The highest BCUT2D eigenvalue weighted by atomic mass is 16.3. The molecule has 4 aliphatic rings. The van der Waals surface area contributed by atoms with Crippen LogP contribution in [0.1, 0.15) is 66.8 Å². The summed E-state index contributed by atoms with van der Waals surface area (Å²) in [6.07, 6.45) is 0. The summed E-state index contributed by atoms with van der Waals surface area (Å²) >= 11 is 0. The Morgan fingerprint density at radius 3 is 0.860 bits per heavy atom. The van der Waals surface area contributed by atoms with Gasteiger partial charge in [-0.15, -0.1) is 0 Å². The molecule has 2 heterocycles. The van der Waals surface area contributed by atoms with Crippen LogP contribution in [-0.4, -0.2) is 0 Å². The second-order valence-electron chi connectivity index (χ2n) is 32.2.